The molecule has 0 spiro atoms. The normalized spacial score (nSPS) is 12.6. The first-order chi connectivity index (χ1) is 6.56. The zero-order valence-electron chi connectivity index (χ0n) is 7.56. The molecule has 1 nitrogen and oxygen atoms in total. The summed E-state index contributed by atoms with van der Waals surface area (Å²) in [5, 5.41) is 0.747. The molecule has 1 rings (SSSR count). The van der Waals surface area contributed by atoms with Crippen LogP contribution in [-0.2, 0) is 10.1 Å². The predicted molar refractivity (Wildman–Crippen MR) is 69.1 cm³/mol. The highest BCUT2D eigenvalue weighted by Crippen LogP contribution is 2.30. The van der Waals surface area contributed by atoms with Crippen LogP contribution in [0.3, 0.4) is 0 Å². The minimum atomic E-state index is -0.205. The Morgan fingerprint density at radius 2 is 2.14 bits per heavy atom. The minimum Gasteiger partial charge on any atom is -0.298 e. The number of hydrogen-bond donors (Lipinski definition) is 0. The topological polar surface area (TPSA) is 17.1 Å². The first-order valence-electron chi connectivity index (χ1n) is 4.05. The second-order valence-electron chi connectivity index (χ2n) is 2.95. The molecule has 0 bridgehead atoms. The van der Waals surface area contributed by atoms with E-state index in [1.54, 1.807) is 6.92 Å². The van der Waals surface area contributed by atoms with Crippen molar-refractivity contribution in [2.75, 3.05) is 0 Å². The van der Waals surface area contributed by atoms with E-state index < -0.39 is 0 Å². The summed E-state index contributed by atoms with van der Waals surface area (Å²) in [4.78, 5) is 11.0. The standard InChI is InChI=1S/C10H9Br3O/c1-6(14)10(13)9-3-2-8(12)4-7(9)5-11/h2-4,10H,5H2,1H3. The van der Waals surface area contributed by atoms with Gasteiger partial charge in [-0.05, 0) is 30.2 Å². The zero-order valence-corrected chi connectivity index (χ0v) is 12.3. The van der Waals surface area contributed by atoms with E-state index in [9.17, 15) is 4.79 Å². The Balaban J connectivity index is 3.13. The van der Waals surface area contributed by atoms with Crippen molar-refractivity contribution in [3.05, 3.63) is 33.8 Å². The summed E-state index contributed by atoms with van der Waals surface area (Å²) in [5.41, 5.74) is 2.15. The van der Waals surface area contributed by atoms with Crippen LogP contribution in [0.4, 0.5) is 0 Å². The van der Waals surface area contributed by atoms with E-state index in [0.29, 0.717) is 0 Å². The fourth-order valence-corrected chi connectivity index (χ4v) is 2.50. The third-order valence-electron chi connectivity index (χ3n) is 1.88. The van der Waals surface area contributed by atoms with E-state index in [1.807, 2.05) is 18.2 Å². The lowest BCUT2D eigenvalue weighted by atomic mass is 10.0. The fraction of sp³-hybridized carbons (Fsp3) is 0.300. The molecular formula is C10H9Br3O. The summed E-state index contributed by atoms with van der Waals surface area (Å²) in [6.45, 7) is 1.58. The molecule has 0 aliphatic heterocycles. The van der Waals surface area contributed by atoms with E-state index in [2.05, 4.69) is 47.8 Å². The summed E-state index contributed by atoms with van der Waals surface area (Å²) < 4.78 is 1.03. The summed E-state index contributed by atoms with van der Waals surface area (Å²) >= 11 is 10.2. The number of hydrogen-bond acceptors (Lipinski definition) is 1. The van der Waals surface area contributed by atoms with E-state index in [0.717, 1.165) is 20.9 Å². The van der Waals surface area contributed by atoms with Crippen LogP contribution >= 0.6 is 47.8 Å². The van der Waals surface area contributed by atoms with Gasteiger partial charge in [-0.25, -0.2) is 0 Å². The van der Waals surface area contributed by atoms with Crippen molar-refractivity contribution in [1.82, 2.24) is 0 Å². The highest BCUT2D eigenvalue weighted by molar-refractivity contribution is 9.10. The zero-order chi connectivity index (χ0) is 10.7. The second kappa shape index (κ2) is 5.42. The molecule has 1 atom stereocenters. The highest BCUT2D eigenvalue weighted by Gasteiger charge is 2.15. The molecule has 0 saturated heterocycles. The van der Waals surface area contributed by atoms with Crippen molar-refractivity contribution in [2.45, 2.75) is 17.1 Å². The van der Waals surface area contributed by atoms with Crippen molar-refractivity contribution in [1.29, 1.82) is 0 Å². The predicted octanol–water partition coefficient (Wildman–Crippen LogP) is 4.37. The first-order valence-corrected chi connectivity index (χ1v) is 6.88. The lowest BCUT2D eigenvalue weighted by Crippen LogP contribution is -2.03. The Morgan fingerprint density at radius 1 is 1.50 bits per heavy atom. The maximum absolute atomic E-state index is 11.2. The Kier molecular flexibility index (Phi) is 4.80. The van der Waals surface area contributed by atoms with Gasteiger partial charge < -0.3 is 0 Å². The SMILES string of the molecule is CC(=O)C(Br)c1ccc(Br)cc1CBr. The maximum atomic E-state index is 11.2. The van der Waals surface area contributed by atoms with Crippen LogP contribution in [0.5, 0.6) is 0 Å². The van der Waals surface area contributed by atoms with Crippen molar-refractivity contribution in [2.24, 2.45) is 0 Å². The van der Waals surface area contributed by atoms with Gasteiger partial charge in [-0.2, -0.15) is 0 Å². The van der Waals surface area contributed by atoms with Gasteiger partial charge in [-0.15, -0.1) is 0 Å². The molecule has 0 fully saturated rings. The molecule has 0 amide bonds. The Bertz CT molecular complexity index is 349. The van der Waals surface area contributed by atoms with Gasteiger partial charge in [0.1, 0.15) is 5.78 Å². The highest BCUT2D eigenvalue weighted by atomic mass is 79.9. The van der Waals surface area contributed by atoms with Crippen molar-refractivity contribution in [3.63, 3.8) is 0 Å². The lowest BCUT2D eigenvalue weighted by Gasteiger charge is -2.11. The average Bonchev–Trinajstić information content (AvgIpc) is 2.16. The molecule has 0 aliphatic carbocycles. The van der Waals surface area contributed by atoms with E-state index >= 15 is 0 Å². The molecule has 14 heavy (non-hydrogen) atoms. The summed E-state index contributed by atoms with van der Waals surface area (Å²) in [6, 6.07) is 5.92. The molecule has 1 aromatic rings. The number of ketones is 1. The molecular weight excluding hydrogens is 376 g/mol. The molecule has 0 aliphatic rings. The van der Waals surface area contributed by atoms with Gasteiger partial charge >= 0.3 is 0 Å². The van der Waals surface area contributed by atoms with Crippen LogP contribution in [0.2, 0.25) is 0 Å². The third-order valence-corrected chi connectivity index (χ3v) is 4.11. The van der Waals surface area contributed by atoms with Crippen LogP contribution < -0.4 is 0 Å². The Morgan fingerprint density at radius 3 is 2.64 bits per heavy atom. The van der Waals surface area contributed by atoms with Crippen LogP contribution in [-0.4, -0.2) is 5.78 Å². The van der Waals surface area contributed by atoms with E-state index in [4.69, 9.17) is 0 Å². The van der Waals surface area contributed by atoms with Crippen molar-refractivity contribution in [3.8, 4) is 0 Å². The number of benzene rings is 1. The smallest absolute Gasteiger partial charge is 0.147 e. The Labute approximate surface area is 109 Å². The number of alkyl halides is 2. The molecule has 0 heterocycles. The number of carbonyl (C=O) groups is 1. The van der Waals surface area contributed by atoms with Gasteiger partial charge in [0.15, 0.2) is 0 Å². The number of Topliss-reactive ketones (excluding diaryl/α,β-unsaturated/α-hetero) is 1. The minimum absolute atomic E-state index is 0.120. The van der Waals surface area contributed by atoms with Gasteiger partial charge in [0.05, 0.1) is 4.83 Å². The molecule has 76 valence electrons. The monoisotopic (exact) mass is 382 g/mol. The molecule has 0 aromatic heterocycles. The van der Waals surface area contributed by atoms with Gasteiger partial charge in [-0.1, -0.05) is 53.9 Å². The van der Waals surface area contributed by atoms with Gasteiger partial charge in [0, 0.05) is 9.80 Å². The van der Waals surface area contributed by atoms with Gasteiger partial charge in [0.2, 0.25) is 0 Å². The van der Waals surface area contributed by atoms with Gasteiger partial charge in [-0.3, -0.25) is 4.79 Å². The van der Waals surface area contributed by atoms with Crippen molar-refractivity contribution < 1.29 is 4.79 Å². The van der Waals surface area contributed by atoms with Crippen LogP contribution in [0.25, 0.3) is 0 Å². The quantitative estimate of drug-likeness (QED) is 0.707. The maximum Gasteiger partial charge on any atom is 0.147 e. The lowest BCUT2D eigenvalue weighted by molar-refractivity contribution is -0.116. The van der Waals surface area contributed by atoms with Crippen molar-refractivity contribution >= 4 is 53.6 Å². The largest absolute Gasteiger partial charge is 0.298 e. The summed E-state index contributed by atoms with van der Waals surface area (Å²) in [5.74, 6) is 0.120. The Hall–Kier alpha value is 0.330. The van der Waals surface area contributed by atoms with Crippen LogP contribution in [0.15, 0.2) is 22.7 Å². The number of rotatable bonds is 3. The second-order valence-corrected chi connectivity index (χ2v) is 5.34. The number of carbonyl (C=O) groups excluding carboxylic acids is 1. The number of halogens is 3. The average molecular weight is 385 g/mol. The molecule has 4 heteroatoms. The van der Waals surface area contributed by atoms with Gasteiger partial charge in [0.25, 0.3) is 0 Å². The molecule has 1 aromatic carbocycles. The first kappa shape index (κ1) is 12.4. The van der Waals surface area contributed by atoms with E-state index in [-0.39, 0.29) is 10.6 Å². The third kappa shape index (κ3) is 2.91. The summed E-state index contributed by atoms with van der Waals surface area (Å²) in [7, 11) is 0. The summed E-state index contributed by atoms with van der Waals surface area (Å²) in [6.07, 6.45) is 0. The molecule has 0 radical (unpaired) electrons. The van der Waals surface area contributed by atoms with Crippen LogP contribution in [0, 0.1) is 0 Å². The van der Waals surface area contributed by atoms with Crippen LogP contribution in [0.1, 0.15) is 22.9 Å². The fourth-order valence-electron chi connectivity index (χ4n) is 1.16. The molecule has 1 unspecified atom stereocenters. The van der Waals surface area contributed by atoms with E-state index in [1.165, 1.54) is 0 Å². The molecule has 0 saturated carbocycles. The molecule has 0 N–H and O–H groups in total.